The van der Waals surface area contributed by atoms with Crippen molar-refractivity contribution in [3.63, 3.8) is 0 Å². The van der Waals surface area contributed by atoms with Crippen LogP contribution in [0.5, 0.6) is 0 Å². The fraction of sp³-hybridized carbons (Fsp3) is 0.381. The Hall–Kier alpha value is -2.38. The van der Waals surface area contributed by atoms with Gasteiger partial charge in [0.15, 0.2) is 0 Å². The summed E-state index contributed by atoms with van der Waals surface area (Å²) < 4.78 is 0. The molecule has 0 spiro atoms. The molecule has 1 heterocycles. The van der Waals surface area contributed by atoms with Crippen molar-refractivity contribution in [2.24, 2.45) is 17.6 Å². The monoisotopic (exact) mass is 397 g/mol. The van der Waals surface area contributed by atoms with Crippen LogP contribution in [0.3, 0.4) is 0 Å². The van der Waals surface area contributed by atoms with Crippen molar-refractivity contribution in [3.8, 4) is 0 Å². The Kier molecular flexibility index (Phi) is 5.12. The molecule has 28 heavy (non-hydrogen) atoms. The minimum atomic E-state index is -0.415. The molecule has 2 N–H and O–H groups in total. The lowest BCUT2D eigenvalue weighted by Crippen LogP contribution is -2.33. The highest BCUT2D eigenvalue weighted by atomic mass is 32.2. The molecule has 0 radical (unpaired) electrons. The van der Waals surface area contributed by atoms with Gasteiger partial charge in [0.2, 0.25) is 0 Å². The summed E-state index contributed by atoms with van der Waals surface area (Å²) in [6.45, 7) is 3.35. The molecule has 1 saturated carbocycles. The summed E-state index contributed by atoms with van der Waals surface area (Å²) in [5, 5.41) is 11.6. The number of hydrogen-bond donors (Lipinski definition) is 1. The third-order valence-corrected chi connectivity index (χ3v) is 6.92. The maximum absolute atomic E-state index is 12.9. The molecule has 3 unspecified atom stereocenters. The number of amides is 1. The quantitative estimate of drug-likeness (QED) is 0.625. The summed E-state index contributed by atoms with van der Waals surface area (Å²) in [6, 6.07) is 12.8. The van der Waals surface area contributed by atoms with E-state index in [0.29, 0.717) is 35.4 Å². The predicted octanol–water partition coefficient (Wildman–Crippen LogP) is 3.86. The van der Waals surface area contributed by atoms with Crippen molar-refractivity contribution in [3.05, 3.63) is 63.7 Å². The summed E-state index contributed by atoms with van der Waals surface area (Å²) in [4.78, 5) is 27.4. The van der Waals surface area contributed by atoms with E-state index in [4.69, 9.17) is 5.73 Å². The fourth-order valence-electron chi connectivity index (χ4n) is 4.27. The predicted molar refractivity (Wildman–Crippen MR) is 108 cm³/mol. The number of likely N-dealkylation sites (tertiary alicyclic amines) is 1. The van der Waals surface area contributed by atoms with E-state index in [0.717, 1.165) is 23.3 Å². The molecule has 2 fully saturated rings. The normalized spacial score (nSPS) is 23.6. The Balaban J connectivity index is 1.55. The Morgan fingerprint density at radius 3 is 2.61 bits per heavy atom. The maximum Gasteiger partial charge on any atom is 0.284 e. The van der Waals surface area contributed by atoms with Crippen LogP contribution < -0.4 is 5.73 Å². The third-order valence-electron chi connectivity index (χ3n) is 5.85. The zero-order chi connectivity index (χ0) is 19.8. The van der Waals surface area contributed by atoms with E-state index in [-0.39, 0.29) is 17.6 Å². The highest BCUT2D eigenvalue weighted by Gasteiger charge is 2.42. The van der Waals surface area contributed by atoms with E-state index < -0.39 is 4.92 Å². The van der Waals surface area contributed by atoms with Gasteiger partial charge in [0.25, 0.3) is 11.6 Å². The Morgan fingerprint density at radius 2 is 1.93 bits per heavy atom. The molecule has 7 heteroatoms. The smallest absolute Gasteiger partial charge is 0.284 e. The van der Waals surface area contributed by atoms with Gasteiger partial charge in [0.1, 0.15) is 0 Å². The number of nitro groups is 1. The van der Waals surface area contributed by atoms with Gasteiger partial charge in [0, 0.05) is 35.7 Å². The number of nitro benzene ring substituents is 1. The van der Waals surface area contributed by atoms with Crippen molar-refractivity contribution < 1.29 is 9.72 Å². The van der Waals surface area contributed by atoms with Crippen molar-refractivity contribution in [2.45, 2.75) is 35.6 Å². The van der Waals surface area contributed by atoms with Gasteiger partial charge in [-0.25, -0.2) is 0 Å². The first kappa shape index (κ1) is 19.0. The van der Waals surface area contributed by atoms with Gasteiger partial charge < -0.3 is 10.6 Å². The SMILES string of the molecule is Cc1ccc(Sc2ccc(C(=O)N3CC4CCC(N)C4C3)cc2[N+](=O)[O-])cc1. The lowest BCUT2D eigenvalue weighted by molar-refractivity contribution is -0.387. The molecule has 146 valence electrons. The number of nitrogens with two attached hydrogens (primary N) is 1. The lowest BCUT2D eigenvalue weighted by Gasteiger charge is -2.19. The molecule has 1 saturated heterocycles. The molecular weight excluding hydrogens is 374 g/mol. The molecule has 0 bridgehead atoms. The van der Waals surface area contributed by atoms with Crippen molar-refractivity contribution in [2.75, 3.05) is 13.1 Å². The average Bonchev–Trinajstić information content (AvgIpc) is 3.25. The number of aryl methyl sites for hydroxylation is 1. The standard InChI is InChI=1S/C21H23N3O3S/c1-13-2-6-16(7-3-13)28-20-9-5-14(10-19(20)24(26)27)21(25)23-11-15-4-8-18(22)17(15)12-23/h2-3,5-7,9-10,15,17-18H,4,8,11-12,22H2,1H3. The molecule has 2 aliphatic rings. The highest BCUT2D eigenvalue weighted by molar-refractivity contribution is 7.99. The first-order valence-corrected chi connectivity index (χ1v) is 10.3. The number of rotatable bonds is 4. The first-order valence-electron chi connectivity index (χ1n) is 9.50. The Morgan fingerprint density at radius 1 is 1.18 bits per heavy atom. The molecule has 0 aromatic heterocycles. The number of nitrogens with zero attached hydrogens (tertiary/aromatic N) is 2. The lowest BCUT2D eigenvalue weighted by atomic mass is 9.98. The molecule has 6 nitrogen and oxygen atoms in total. The minimum Gasteiger partial charge on any atom is -0.338 e. The number of fused-ring (bicyclic) bond motifs is 1. The summed E-state index contributed by atoms with van der Waals surface area (Å²) in [7, 11) is 0. The Bertz CT molecular complexity index is 916. The van der Waals surface area contributed by atoms with E-state index in [9.17, 15) is 14.9 Å². The summed E-state index contributed by atoms with van der Waals surface area (Å²) >= 11 is 1.33. The second kappa shape index (κ2) is 7.56. The summed E-state index contributed by atoms with van der Waals surface area (Å²) in [5.41, 5.74) is 7.63. The molecule has 2 aromatic carbocycles. The zero-order valence-corrected chi connectivity index (χ0v) is 16.5. The molecule has 2 aromatic rings. The maximum atomic E-state index is 12.9. The van der Waals surface area contributed by atoms with Gasteiger partial charge in [-0.3, -0.25) is 14.9 Å². The van der Waals surface area contributed by atoms with Gasteiger partial charge in [-0.05, 0) is 55.9 Å². The zero-order valence-electron chi connectivity index (χ0n) is 15.7. The van der Waals surface area contributed by atoms with Crippen LogP contribution in [0.1, 0.15) is 28.8 Å². The number of benzene rings is 2. The second-order valence-corrected chi connectivity index (χ2v) is 8.85. The first-order chi connectivity index (χ1) is 13.4. The number of carbonyl (C=O) groups is 1. The van der Waals surface area contributed by atoms with E-state index >= 15 is 0 Å². The van der Waals surface area contributed by atoms with Crippen LogP contribution >= 0.6 is 11.8 Å². The van der Waals surface area contributed by atoms with Crippen molar-refractivity contribution in [1.82, 2.24) is 4.90 Å². The highest BCUT2D eigenvalue weighted by Crippen LogP contribution is 2.39. The van der Waals surface area contributed by atoms with E-state index in [1.54, 1.807) is 17.0 Å². The molecular formula is C21H23N3O3S. The van der Waals surface area contributed by atoms with Gasteiger partial charge in [-0.15, -0.1) is 0 Å². The molecule has 1 aliphatic heterocycles. The fourth-order valence-corrected chi connectivity index (χ4v) is 5.17. The van der Waals surface area contributed by atoms with E-state index in [1.165, 1.54) is 17.8 Å². The van der Waals surface area contributed by atoms with Crippen LogP contribution in [0.4, 0.5) is 5.69 Å². The number of carbonyl (C=O) groups excluding carboxylic acids is 1. The minimum absolute atomic E-state index is 0.0347. The molecule has 3 atom stereocenters. The molecule has 1 aliphatic carbocycles. The van der Waals surface area contributed by atoms with Crippen molar-refractivity contribution >= 4 is 23.4 Å². The number of hydrogen-bond acceptors (Lipinski definition) is 5. The van der Waals surface area contributed by atoms with Crippen molar-refractivity contribution in [1.29, 1.82) is 0 Å². The van der Waals surface area contributed by atoms with E-state index in [1.807, 2.05) is 31.2 Å². The molecule has 1 amide bonds. The Labute approximate surface area is 168 Å². The molecule has 4 rings (SSSR count). The topological polar surface area (TPSA) is 89.5 Å². The largest absolute Gasteiger partial charge is 0.338 e. The second-order valence-electron chi connectivity index (χ2n) is 7.73. The summed E-state index contributed by atoms with van der Waals surface area (Å²) in [6.07, 6.45) is 2.08. The van der Waals surface area contributed by atoms with Gasteiger partial charge in [0.05, 0.1) is 9.82 Å². The van der Waals surface area contributed by atoms with Crippen LogP contribution in [0.15, 0.2) is 52.3 Å². The van der Waals surface area contributed by atoms with Crippen LogP contribution in [-0.4, -0.2) is 34.9 Å². The van der Waals surface area contributed by atoms with Crippen LogP contribution in [-0.2, 0) is 0 Å². The van der Waals surface area contributed by atoms with Gasteiger partial charge >= 0.3 is 0 Å². The van der Waals surface area contributed by atoms with E-state index in [2.05, 4.69) is 0 Å². The average molecular weight is 398 g/mol. The van der Waals surface area contributed by atoms with Crippen LogP contribution in [0.2, 0.25) is 0 Å². The summed E-state index contributed by atoms with van der Waals surface area (Å²) in [5.74, 6) is 0.678. The van der Waals surface area contributed by atoms with Crippen LogP contribution in [0, 0.1) is 28.9 Å². The third kappa shape index (κ3) is 3.64. The van der Waals surface area contributed by atoms with Gasteiger partial charge in [-0.2, -0.15) is 0 Å². The van der Waals surface area contributed by atoms with Gasteiger partial charge in [-0.1, -0.05) is 29.5 Å². The van der Waals surface area contributed by atoms with Crippen LogP contribution in [0.25, 0.3) is 0 Å².